The summed E-state index contributed by atoms with van der Waals surface area (Å²) in [6, 6.07) is 3.61. The fourth-order valence-electron chi connectivity index (χ4n) is 1.07. The summed E-state index contributed by atoms with van der Waals surface area (Å²) in [4.78, 5) is 11.3. The third-order valence-corrected chi connectivity index (χ3v) is 1.92. The average molecular weight is 166 g/mol. The van der Waals surface area contributed by atoms with Gasteiger partial charge in [-0.1, -0.05) is 0 Å². The first-order chi connectivity index (χ1) is 5.65. The number of pyridine rings is 1. The highest BCUT2D eigenvalue weighted by Gasteiger charge is 2.02. The van der Waals surface area contributed by atoms with Crippen LogP contribution in [0.25, 0.3) is 0 Å². The minimum Gasteiger partial charge on any atom is -0.328 e. The highest BCUT2D eigenvalue weighted by atomic mass is 16.1. The molecule has 1 aromatic heterocycles. The van der Waals surface area contributed by atoms with E-state index in [9.17, 15) is 4.79 Å². The first-order valence-electron chi connectivity index (χ1n) is 4.04. The number of aryl methyl sites for hydroxylation is 1. The first-order valence-corrected chi connectivity index (χ1v) is 4.04. The van der Waals surface area contributed by atoms with Crippen molar-refractivity contribution in [2.75, 3.05) is 6.54 Å². The standard InChI is InChI=1S/C9H14N2O/c1-7-3-4-11(8(2)6-10)9(12)5-7/h3-5,8H,6,10H2,1-2H3. The second-order valence-electron chi connectivity index (χ2n) is 3.03. The maximum Gasteiger partial charge on any atom is 0.251 e. The molecule has 0 aliphatic heterocycles. The molecule has 0 radical (unpaired) electrons. The maximum absolute atomic E-state index is 11.3. The minimum absolute atomic E-state index is 0.0213. The van der Waals surface area contributed by atoms with Gasteiger partial charge in [0, 0.05) is 24.8 Å². The molecule has 0 amide bonds. The van der Waals surface area contributed by atoms with Crippen LogP contribution in [-0.4, -0.2) is 11.1 Å². The van der Waals surface area contributed by atoms with Crippen LogP contribution in [0.5, 0.6) is 0 Å². The van der Waals surface area contributed by atoms with Crippen LogP contribution in [0.2, 0.25) is 0 Å². The molecule has 1 unspecified atom stereocenters. The van der Waals surface area contributed by atoms with E-state index in [1.807, 2.05) is 19.9 Å². The second kappa shape index (κ2) is 3.54. The summed E-state index contributed by atoms with van der Waals surface area (Å²) in [7, 11) is 0. The Morgan fingerprint density at radius 1 is 1.67 bits per heavy atom. The maximum atomic E-state index is 11.3. The molecule has 66 valence electrons. The van der Waals surface area contributed by atoms with Crippen molar-refractivity contribution in [1.29, 1.82) is 0 Å². The van der Waals surface area contributed by atoms with Gasteiger partial charge in [-0.2, -0.15) is 0 Å². The molecule has 0 saturated carbocycles. The predicted molar refractivity (Wildman–Crippen MR) is 49.2 cm³/mol. The Kier molecular flexibility index (Phi) is 2.65. The van der Waals surface area contributed by atoms with Gasteiger partial charge >= 0.3 is 0 Å². The van der Waals surface area contributed by atoms with Gasteiger partial charge in [0.25, 0.3) is 5.56 Å². The fourth-order valence-corrected chi connectivity index (χ4v) is 1.07. The van der Waals surface area contributed by atoms with E-state index in [2.05, 4.69) is 0 Å². The quantitative estimate of drug-likeness (QED) is 0.702. The van der Waals surface area contributed by atoms with Crippen LogP contribution in [-0.2, 0) is 0 Å². The molecule has 1 heterocycles. The van der Waals surface area contributed by atoms with E-state index in [0.29, 0.717) is 6.54 Å². The fraction of sp³-hybridized carbons (Fsp3) is 0.444. The van der Waals surface area contributed by atoms with Crippen molar-refractivity contribution in [3.63, 3.8) is 0 Å². The van der Waals surface area contributed by atoms with Crippen LogP contribution < -0.4 is 11.3 Å². The van der Waals surface area contributed by atoms with Gasteiger partial charge in [0.2, 0.25) is 0 Å². The molecule has 1 atom stereocenters. The van der Waals surface area contributed by atoms with E-state index in [-0.39, 0.29) is 11.6 Å². The summed E-state index contributed by atoms with van der Waals surface area (Å²) >= 11 is 0. The van der Waals surface area contributed by atoms with E-state index >= 15 is 0 Å². The number of rotatable bonds is 2. The van der Waals surface area contributed by atoms with Crippen LogP contribution in [0.3, 0.4) is 0 Å². The molecular formula is C9H14N2O. The third kappa shape index (κ3) is 1.74. The lowest BCUT2D eigenvalue weighted by atomic mass is 10.2. The van der Waals surface area contributed by atoms with Gasteiger partial charge in [-0.3, -0.25) is 4.79 Å². The number of nitrogens with two attached hydrogens (primary N) is 1. The third-order valence-electron chi connectivity index (χ3n) is 1.92. The van der Waals surface area contributed by atoms with Crippen LogP contribution in [0.4, 0.5) is 0 Å². The van der Waals surface area contributed by atoms with E-state index < -0.39 is 0 Å². The van der Waals surface area contributed by atoms with Crippen LogP contribution in [0.1, 0.15) is 18.5 Å². The molecule has 12 heavy (non-hydrogen) atoms. The zero-order chi connectivity index (χ0) is 9.14. The topological polar surface area (TPSA) is 48.0 Å². The van der Waals surface area contributed by atoms with Gasteiger partial charge in [-0.05, 0) is 25.5 Å². The van der Waals surface area contributed by atoms with Gasteiger partial charge in [-0.15, -0.1) is 0 Å². The van der Waals surface area contributed by atoms with Gasteiger partial charge in [0.05, 0.1) is 0 Å². The Hall–Kier alpha value is -1.09. The lowest BCUT2D eigenvalue weighted by molar-refractivity contribution is 0.539. The Balaban J connectivity index is 3.10. The predicted octanol–water partition coefficient (Wildman–Crippen LogP) is 0.676. The van der Waals surface area contributed by atoms with Crippen molar-refractivity contribution in [3.8, 4) is 0 Å². The molecule has 2 N–H and O–H groups in total. The molecule has 0 aromatic carbocycles. The number of aromatic nitrogens is 1. The Morgan fingerprint density at radius 3 is 2.83 bits per heavy atom. The Labute approximate surface area is 71.8 Å². The van der Waals surface area contributed by atoms with Crippen molar-refractivity contribution in [1.82, 2.24) is 4.57 Å². The second-order valence-corrected chi connectivity index (χ2v) is 3.03. The minimum atomic E-state index is 0.0213. The normalized spacial score (nSPS) is 12.9. The summed E-state index contributed by atoms with van der Waals surface area (Å²) in [5, 5.41) is 0. The number of hydrogen-bond acceptors (Lipinski definition) is 2. The Morgan fingerprint density at radius 2 is 2.33 bits per heavy atom. The molecule has 0 fully saturated rings. The summed E-state index contributed by atoms with van der Waals surface area (Å²) in [5.74, 6) is 0. The summed E-state index contributed by atoms with van der Waals surface area (Å²) in [5.41, 5.74) is 6.46. The average Bonchev–Trinajstić information content (AvgIpc) is 2.03. The van der Waals surface area contributed by atoms with E-state index in [0.717, 1.165) is 5.56 Å². The highest BCUT2D eigenvalue weighted by molar-refractivity contribution is 5.08. The molecule has 0 spiro atoms. The molecular weight excluding hydrogens is 152 g/mol. The molecule has 0 bridgehead atoms. The molecule has 1 aromatic rings. The summed E-state index contributed by atoms with van der Waals surface area (Å²) < 4.78 is 1.65. The highest BCUT2D eigenvalue weighted by Crippen LogP contribution is 1.99. The van der Waals surface area contributed by atoms with Crippen molar-refractivity contribution in [2.24, 2.45) is 5.73 Å². The molecule has 0 aliphatic carbocycles. The zero-order valence-corrected chi connectivity index (χ0v) is 7.45. The zero-order valence-electron chi connectivity index (χ0n) is 7.45. The van der Waals surface area contributed by atoms with E-state index in [4.69, 9.17) is 5.73 Å². The number of nitrogens with zero attached hydrogens (tertiary/aromatic N) is 1. The van der Waals surface area contributed by atoms with Crippen molar-refractivity contribution < 1.29 is 0 Å². The lowest BCUT2D eigenvalue weighted by Crippen LogP contribution is -2.26. The van der Waals surface area contributed by atoms with Gasteiger partial charge in [0.1, 0.15) is 0 Å². The lowest BCUT2D eigenvalue weighted by Gasteiger charge is -2.11. The van der Waals surface area contributed by atoms with Crippen molar-refractivity contribution in [2.45, 2.75) is 19.9 Å². The van der Waals surface area contributed by atoms with Crippen LogP contribution >= 0.6 is 0 Å². The van der Waals surface area contributed by atoms with Crippen molar-refractivity contribution >= 4 is 0 Å². The van der Waals surface area contributed by atoms with Gasteiger partial charge in [0.15, 0.2) is 0 Å². The number of hydrogen-bond donors (Lipinski definition) is 1. The summed E-state index contributed by atoms with van der Waals surface area (Å²) in [6.45, 7) is 4.32. The molecule has 1 rings (SSSR count). The van der Waals surface area contributed by atoms with E-state index in [1.165, 1.54) is 0 Å². The SMILES string of the molecule is Cc1ccn(C(C)CN)c(=O)c1. The van der Waals surface area contributed by atoms with Gasteiger partial charge in [-0.25, -0.2) is 0 Å². The largest absolute Gasteiger partial charge is 0.328 e. The first kappa shape index (κ1) is 9.00. The molecule has 3 heteroatoms. The molecule has 0 aliphatic rings. The van der Waals surface area contributed by atoms with E-state index in [1.54, 1.807) is 16.8 Å². The van der Waals surface area contributed by atoms with Crippen LogP contribution in [0.15, 0.2) is 23.1 Å². The molecule has 0 saturated heterocycles. The smallest absolute Gasteiger partial charge is 0.251 e. The summed E-state index contributed by atoms with van der Waals surface area (Å²) in [6.07, 6.45) is 1.79. The van der Waals surface area contributed by atoms with Crippen LogP contribution in [0, 0.1) is 6.92 Å². The Bertz CT molecular complexity index is 317. The monoisotopic (exact) mass is 166 g/mol. The molecule has 3 nitrogen and oxygen atoms in total. The van der Waals surface area contributed by atoms with Gasteiger partial charge < -0.3 is 10.3 Å². The van der Waals surface area contributed by atoms with Crippen molar-refractivity contribution in [3.05, 3.63) is 34.2 Å².